The van der Waals surface area contributed by atoms with Crippen LogP contribution < -0.4 is 0 Å². The second-order valence-corrected chi connectivity index (χ2v) is 12.3. The minimum atomic E-state index is -1.26. The topological polar surface area (TPSA) is 107 Å². The van der Waals surface area contributed by atoms with Crippen molar-refractivity contribution in [3.63, 3.8) is 0 Å². The summed E-state index contributed by atoms with van der Waals surface area (Å²) < 4.78 is 7.82. The Morgan fingerprint density at radius 1 is 0.524 bits per heavy atom. The maximum atomic E-state index is 12.7. The Morgan fingerprint density at radius 2 is 0.881 bits per heavy atom. The largest absolute Gasteiger partial charge is 0.508 e. The molecule has 0 atom stereocenters. The van der Waals surface area contributed by atoms with Crippen LogP contribution in [0.2, 0.25) is 0 Å². The maximum absolute atomic E-state index is 12.7. The average molecular weight is 822 g/mol. The Labute approximate surface area is 275 Å². The monoisotopic (exact) mass is 818 g/mol. The third-order valence-corrected chi connectivity index (χ3v) is 8.55. The summed E-state index contributed by atoms with van der Waals surface area (Å²) in [6, 6.07) is 31.4. The van der Waals surface area contributed by atoms with Crippen LogP contribution in [0, 0.1) is 0 Å². The van der Waals surface area contributed by atoms with E-state index in [1.165, 1.54) is 0 Å². The van der Waals surface area contributed by atoms with Gasteiger partial charge in [-0.05, 0) is 118 Å². The molecule has 0 aliphatic carbocycles. The fourth-order valence-corrected chi connectivity index (χ4v) is 6.58. The molecule has 1 aliphatic heterocycles. The van der Waals surface area contributed by atoms with Gasteiger partial charge >= 0.3 is 5.97 Å². The van der Waals surface area contributed by atoms with Crippen LogP contribution in [0.15, 0.2) is 127 Å². The molecule has 0 unspecified atom stereocenters. The van der Waals surface area contributed by atoms with Gasteiger partial charge in [-0.15, -0.1) is 0 Å². The van der Waals surface area contributed by atoms with E-state index in [2.05, 4.69) is 63.7 Å². The number of hydrogen-bond donors (Lipinski definition) is 4. The van der Waals surface area contributed by atoms with Crippen molar-refractivity contribution in [1.29, 1.82) is 0 Å². The van der Waals surface area contributed by atoms with Gasteiger partial charge in [0.05, 0.1) is 23.5 Å². The van der Waals surface area contributed by atoms with Crippen LogP contribution in [-0.4, -0.2) is 26.4 Å². The standard InChI is InChI=1S/C20H10Br4O4.2C6H6O/c21-13-5-9(6-14(22)17(13)25)20(10-7-15(23)18(26)16(24)8-10)12-4-2-1-3-11(12)19(27)28-20;2*7-6-4-2-1-3-5-6/h1-8,25-26H;2*1-5,7H. The highest BCUT2D eigenvalue weighted by Crippen LogP contribution is 2.51. The van der Waals surface area contributed by atoms with Crippen molar-refractivity contribution in [3.8, 4) is 23.0 Å². The molecule has 0 fully saturated rings. The number of esters is 1. The Bertz CT molecular complexity index is 1570. The zero-order valence-corrected chi connectivity index (χ0v) is 27.9. The maximum Gasteiger partial charge on any atom is 0.340 e. The van der Waals surface area contributed by atoms with Crippen molar-refractivity contribution in [2.75, 3.05) is 0 Å². The van der Waals surface area contributed by atoms with Gasteiger partial charge in [0.2, 0.25) is 0 Å². The van der Waals surface area contributed by atoms with Gasteiger partial charge in [0, 0.05) is 16.7 Å². The van der Waals surface area contributed by atoms with Crippen molar-refractivity contribution < 1.29 is 30.0 Å². The van der Waals surface area contributed by atoms with E-state index in [0.717, 1.165) is 0 Å². The third kappa shape index (κ3) is 6.83. The fraction of sp³-hybridized carbons (Fsp3) is 0.0312. The minimum Gasteiger partial charge on any atom is -0.508 e. The van der Waals surface area contributed by atoms with Crippen molar-refractivity contribution in [2.45, 2.75) is 5.60 Å². The molecule has 0 aromatic heterocycles. The lowest BCUT2D eigenvalue weighted by molar-refractivity contribution is 0.0250. The van der Waals surface area contributed by atoms with E-state index in [1.807, 2.05) is 24.3 Å². The first kappa shape index (κ1) is 31.6. The number of phenolic OH excluding ortho intramolecular Hbond substituents is 4. The highest BCUT2D eigenvalue weighted by atomic mass is 79.9. The Morgan fingerprint density at radius 3 is 1.24 bits per heavy atom. The number of carbonyl (C=O) groups excluding carboxylic acids is 1. The number of aromatic hydroxyl groups is 4. The van der Waals surface area contributed by atoms with Gasteiger partial charge in [0.25, 0.3) is 0 Å². The molecular formula is C32H22Br4O6. The van der Waals surface area contributed by atoms with Crippen molar-refractivity contribution >= 4 is 69.7 Å². The lowest BCUT2D eigenvalue weighted by Crippen LogP contribution is -2.29. The first-order chi connectivity index (χ1) is 20.0. The van der Waals surface area contributed by atoms with Crippen molar-refractivity contribution in [2.24, 2.45) is 0 Å². The molecule has 42 heavy (non-hydrogen) atoms. The van der Waals surface area contributed by atoms with E-state index in [-0.39, 0.29) is 11.5 Å². The third-order valence-electron chi connectivity index (χ3n) is 6.13. The lowest BCUT2D eigenvalue weighted by Gasteiger charge is -2.31. The van der Waals surface area contributed by atoms with Crippen LogP contribution in [0.4, 0.5) is 0 Å². The number of phenols is 4. The van der Waals surface area contributed by atoms with E-state index in [1.54, 1.807) is 84.9 Å². The van der Waals surface area contributed by atoms with Crippen LogP contribution >= 0.6 is 63.7 Å². The zero-order chi connectivity index (χ0) is 30.4. The molecule has 5 aromatic rings. The first-order valence-electron chi connectivity index (χ1n) is 12.2. The van der Waals surface area contributed by atoms with Crippen LogP contribution in [0.5, 0.6) is 23.0 Å². The molecule has 0 bridgehead atoms. The smallest absolute Gasteiger partial charge is 0.340 e. The van der Waals surface area contributed by atoms with Gasteiger partial charge in [0.15, 0.2) is 5.60 Å². The molecule has 5 aromatic carbocycles. The quantitative estimate of drug-likeness (QED) is 0.132. The van der Waals surface area contributed by atoms with E-state index in [9.17, 15) is 15.0 Å². The molecule has 1 heterocycles. The molecule has 0 amide bonds. The van der Waals surface area contributed by atoms with Gasteiger partial charge in [-0.2, -0.15) is 0 Å². The van der Waals surface area contributed by atoms with Crippen molar-refractivity contribution in [1.82, 2.24) is 0 Å². The predicted molar refractivity (Wildman–Crippen MR) is 175 cm³/mol. The summed E-state index contributed by atoms with van der Waals surface area (Å²) in [5.74, 6) is 0.287. The van der Waals surface area contributed by atoms with E-state index in [4.69, 9.17) is 14.9 Å². The van der Waals surface area contributed by atoms with Gasteiger partial charge in [-0.25, -0.2) is 4.79 Å². The lowest BCUT2D eigenvalue weighted by atomic mass is 9.80. The summed E-state index contributed by atoms with van der Waals surface area (Å²) in [5, 5.41) is 37.6. The number of fused-ring (bicyclic) bond motifs is 1. The number of rotatable bonds is 2. The normalized spacial score (nSPS) is 12.6. The second kappa shape index (κ2) is 13.8. The minimum absolute atomic E-state index is 0.0459. The molecule has 1 aliphatic rings. The van der Waals surface area contributed by atoms with Crippen LogP contribution in [-0.2, 0) is 10.3 Å². The molecule has 0 saturated carbocycles. The molecule has 6 rings (SSSR count). The van der Waals surface area contributed by atoms with E-state index in [0.29, 0.717) is 51.6 Å². The number of para-hydroxylation sites is 2. The second-order valence-electron chi connectivity index (χ2n) is 8.86. The Balaban J connectivity index is 0.000000235. The molecule has 0 spiro atoms. The molecular weight excluding hydrogens is 800 g/mol. The number of halogens is 4. The highest BCUT2D eigenvalue weighted by molar-refractivity contribution is 9.11. The first-order valence-corrected chi connectivity index (χ1v) is 15.4. The van der Waals surface area contributed by atoms with Gasteiger partial charge in [-0.3, -0.25) is 0 Å². The predicted octanol–water partition coefficient (Wildman–Crippen LogP) is 9.39. The molecule has 214 valence electrons. The number of carbonyl (C=O) groups is 1. The average Bonchev–Trinajstić information content (AvgIpc) is 3.29. The summed E-state index contributed by atoms with van der Waals surface area (Å²) in [6.07, 6.45) is 0. The molecule has 0 radical (unpaired) electrons. The van der Waals surface area contributed by atoms with E-state index >= 15 is 0 Å². The molecule has 4 N–H and O–H groups in total. The summed E-state index contributed by atoms with van der Waals surface area (Å²) in [6.45, 7) is 0. The summed E-state index contributed by atoms with van der Waals surface area (Å²) >= 11 is 13.4. The Hall–Kier alpha value is -3.31. The highest BCUT2D eigenvalue weighted by Gasteiger charge is 2.49. The summed E-state index contributed by atoms with van der Waals surface area (Å²) in [7, 11) is 0. The van der Waals surface area contributed by atoms with E-state index < -0.39 is 11.6 Å². The van der Waals surface area contributed by atoms with Gasteiger partial charge < -0.3 is 25.2 Å². The SMILES string of the molecule is O=C1OC(c2cc(Br)c(O)c(Br)c2)(c2cc(Br)c(O)c(Br)c2)c2ccccc21.Oc1ccccc1.Oc1ccccc1. The summed E-state index contributed by atoms with van der Waals surface area (Å²) in [4.78, 5) is 12.7. The van der Waals surface area contributed by atoms with Gasteiger partial charge in [-0.1, -0.05) is 54.6 Å². The van der Waals surface area contributed by atoms with Crippen LogP contribution in [0.25, 0.3) is 0 Å². The molecule has 10 heteroatoms. The molecule has 0 saturated heterocycles. The number of cyclic esters (lactones) is 1. The number of benzene rings is 5. The fourth-order valence-electron chi connectivity index (χ4n) is 4.21. The molecule has 6 nitrogen and oxygen atoms in total. The summed E-state index contributed by atoms with van der Waals surface area (Å²) in [5.41, 5.74) is 1.14. The van der Waals surface area contributed by atoms with Gasteiger partial charge in [0.1, 0.15) is 23.0 Å². The number of hydrogen-bond acceptors (Lipinski definition) is 6. The number of ether oxygens (including phenoxy) is 1. The van der Waals surface area contributed by atoms with Crippen LogP contribution in [0.3, 0.4) is 0 Å². The zero-order valence-electron chi connectivity index (χ0n) is 21.5. The van der Waals surface area contributed by atoms with Crippen molar-refractivity contribution in [3.05, 3.63) is 149 Å². The Kier molecular flexibility index (Phi) is 10.4. The van der Waals surface area contributed by atoms with Crippen LogP contribution in [0.1, 0.15) is 27.0 Å².